The van der Waals surface area contributed by atoms with Crippen molar-refractivity contribution in [1.29, 1.82) is 0 Å². The monoisotopic (exact) mass is 296 g/mol. The van der Waals surface area contributed by atoms with Gasteiger partial charge in [-0.05, 0) is 37.3 Å². The van der Waals surface area contributed by atoms with Gasteiger partial charge in [0, 0.05) is 16.7 Å². The van der Waals surface area contributed by atoms with Crippen LogP contribution in [0.4, 0.5) is 14.5 Å². The highest BCUT2D eigenvalue weighted by Crippen LogP contribution is 2.22. The number of rotatable bonds is 3. The van der Waals surface area contributed by atoms with Gasteiger partial charge >= 0.3 is 0 Å². The lowest BCUT2D eigenvalue weighted by Crippen LogP contribution is -2.01. The van der Waals surface area contributed by atoms with Crippen molar-refractivity contribution in [2.45, 2.75) is 6.92 Å². The van der Waals surface area contributed by atoms with Gasteiger partial charge in [-0.1, -0.05) is 11.6 Å². The van der Waals surface area contributed by atoms with Crippen molar-refractivity contribution in [3.63, 3.8) is 0 Å². The fraction of sp³-hybridized carbons (Fsp3) is 0.0714. The smallest absolute Gasteiger partial charge is 0.151 e. The molecule has 0 aliphatic rings. The number of hydrogen-bond acceptors (Lipinski definition) is 3. The molecule has 2 rings (SSSR count). The number of anilines is 1. The van der Waals surface area contributed by atoms with E-state index in [2.05, 4.69) is 10.5 Å². The van der Waals surface area contributed by atoms with Crippen LogP contribution in [0.3, 0.4) is 0 Å². The summed E-state index contributed by atoms with van der Waals surface area (Å²) in [5.41, 5.74) is 3.35. The van der Waals surface area contributed by atoms with Gasteiger partial charge in [0.1, 0.15) is 11.6 Å². The Bertz CT molecular complexity index is 674. The average Bonchev–Trinajstić information content (AvgIpc) is 2.40. The molecular formula is C14H11ClF2N2O. The van der Waals surface area contributed by atoms with Crippen LogP contribution >= 0.6 is 11.6 Å². The molecule has 0 bridgehead atoms. The molecule has 0 unspecified atom stereocenters. The van der Waals surface area contributed by atoms with Crippen molar-refractivity contribution < 1.29 is 13.9 Å². The van der Waals surface area contributed by atoms with E-state index < -0.39 is 11.6 Å². The van der Waals surface area contributed by atoms with Crippen LogP contribution in [0, 0.1) is 11.6 Å². The average molecular weight is 297 g/mol. The summed E-state index contributed by atoms with van der Waals surface area (Å²) in [5, 5.41) is 14.1. The predicted molar refractivity (Wildman–Crippen MR) is 75.3 cm³/mol. The Kier molecular flexibility index (Phi) is 4.20. The molecule has 0 aliphatic heterocycles. The van der Waals surface area contributed by atoms with Gasteiger partial charge in [0.25, 0.3) is 0 Å². The van der Waals surface area contributed by atoms with E-state index in [-0.39, 0.29) is 11.4 Å². The van der Waals surface area contributed by atoms with Crippen LogP contribution in [0.25, 0.3) is 0 Å². The molecular weight excluding hydrogens is 286 g/mol. The molecule has 2 aromatic rings. The minimum absolute atomic E-state index is 0.0111. The van der Waals surface area contributed by atoms with Gasteiger partial charge in [0.15, 0.2) is 5.82 Å². The maximum Gasteiger partial charge on any atom is 0.151 e. The summed E-state index contributed by atoms with van der Waals surface area (Å²) in [6.45, 7) is 1.62. The molecule has 0 spiro atoms. The van der Waals surface area contributed by atoms with Gasteiger partial charge in [-0.25, -0.2) is 8.78 Å². The summed E-state index contributed by atoms with van der Waals surface area (Å²) in [4.78, 5) is 0. The van der Waals surface area contributed by atoms with Gasteiger partial charge in [0.05, 0.1) is 11.4 Å². The second-order valence-corrected chi connectivity index (χ2v) is 4.53. The minimum Gasteiger partial charge on any atom is -0.507 e. The quantitative estimate of drug-likeness (QED) is 0.660. The number of nitrogens with one attached hydrogen (secondary N) is 1. The molecule has 0 atom stereocenters. The highest BCUT2D eigenvalue weighted by atomic mass is 35.5. The second kappa shape index (κ2) is 5.88. The van der Waals surface area contributed by atoms with Crippen molar-refractivity contribution in [1.82, 2.24) is 0 Å². The molecule has 0 aliphatic carbocycles. The summed E-state index contributed by atoms with van der Waals surface area (Å²) < 4.78 is 26.2. The summed E-state index contributed by atoms with van der Waals surface area (Å²) in [7, 11) is 0. The Morgan fingerprint density at radius 2 is 1.95 bits per heavy atom. The van der Waals surface area contributed by atoms with Crippen molar-refractivity contribution >= 4 is 23.0 Å². The van der Waals surface area contributed by atoms with E-state index in [0.29, 0.717) is 16.3 Å². The number of halogens is 3. The van der Waals surface area contributed by atoms with E-state index in [1.807, 2.05) is 0 Å². The molecule has 3 nitrogen and oxygen atoms in total. The molecule has 0 saturated heterocycles. The molecule has 0 aromatic heterocycles. The number of hydrazone groups is 1. The van der Waals surface area contributed by atoms with E-state index in [4.69, 9.17) is 11.6 Å². The zero-order valence-corrected chi connectivity index (χ0v) is 11.2. The number of phenols is 1. The lowest BCUT2D eigenvalue weighted by molar-refractivity contribution is 0.474. The fourth-order valence-corrected chi connectivity index (χ4v) is 1.75. The van der Waals surface area contributed by atoms with Crippen LogP contribution in [-0.4, -0.2) is 10.8 Å². The van der Waals surface area contributed by atoms with Crippen molar-refractivity contribution in [2.75, 3.05) is 5.43 Å². The highest BCUT2D eigenvalue weighted by molar-refractivity contribution is 6.31. The Morgan fingerprint density at radius 1 is 1.20 bits per heavy atom. The normalized spacial score (nSPS) is 11.5. The maximum atomic E-state index is 13.4. The number of phenolic OH excluding ortho intramolecular Hbond substituents is 1. The lowest BCUT2D eigenvalue weighted by atomic mass is 10.1. The summed E-state index contributed by atoms with van der Waals surface area (Å²) in [6.07, 6.45) is 0. The SMILES string of the molecule is C/C(=N\Nc1ccc(F)cc1F)c1cc(Cl)ccc1O. The first-order valence-electron chi connectivity index (χ1n) is 5.71. The molecule has 0 saturated carbocycles. The maximum absolute atomic E-state index is 13.4. The summed E-state index contributed by atoms with van der Waals surface area (Å²) in [5.74, 6) is -1.41. The zero-order valence-electron chi connectivity index (χ0n) is 10.5. The first kappa shape index (κ1) is 14.3. The molecule has 6 heteroatoms. The van der Waals surface area contributed by atoms with E-state index in [9.17, 15) is 13.9 Å². The Hall–Kier alpha value is -2.14. The van der Waals surface area contributed by atoms with E-state index in [0.717, 1.165) is 12.1 Å². The van der Waals surface area contributed by atoms with E-state index >= 15 is 0 Å². The molecule has 0 fully saturated rings. The van der Waals surface area contributed by atoms with Crippen molar-refractivity contribution in [3.05, 3.63) is 58.6 Å². The number of benzene rings is 2. The third kappa shape index (κ3) is 3.24. The third-order valence-electron chi connectivity index (χ3n) is 2.62. The molecule has 0 amide bonds. The largest absolute Gasteiger partial charge is 0.507 e. The van der Waals surface area contributed by atoms with Crippen LogP contribution in [0.15, 0.2) is 41.5 Å². The number of nitrogens with zero attached hydrogens (tertiary/aromatic N) is 1. The number of aromatic hydroxyl groups is 1. The van der Waals surface area contributed by atoms with Crippen LogP contribution in [-0.2, 0) is 0 Å². The minimum atomic E-state index is -0.753. The first-order valence-corrected chi connectivity index (χ1v) is 6.09. The molecule has 104 valence electrons. The summed E-state index contributed by atoms with van der Waals surface area (Å²) >= 11 is 5.83. The van der Waals surface area contributed by atoms with Gasteiger partial charge < -0.3 is 5.11 Å². The highest BCUT2D eigenvalue weighted by Gasteiger charge is 2.07. The van der Waals surface area contributed by atoms with Crippen molar-refractivity contribution in [3.8, 4) is 5.75 Å². The molecule has 2 aromatic carbocycles. The van der Waals surface area contributed by atoms with Crippen LogP contribution < -0.4 is 5.43 Å². The summed E-state index contributed by atoms with van der Waals surface area (Å²) in [6, 6.07) is 7.63. The van der Waals surface area contributed by atoms with Gasteiger partial charge in [0.2, 0.25) is 0 Å². The molecule has 0 radical (unpaired) electrons. The third-order valence-corrected chi connectivity index (χ3v) is 2.86. The predicted octanol–water partition coefficient (Wildman–Crippen LogP) is 4.16. The topological polar surface area (TPSA) is 44.6 Å². The van der Waals surface area contributed by atoms with E-state index in [1.54, 1.807) is 19.1 Å². The first-order chi connectivity index (χ1) is 9.47. The van der Waals surface area contributed by atoms with E-state index in [1.165, 1.54) is 12.1 Å². The Balaban J connectivity index is 2.24. The zero-order chi connectivity index (χ0) is 14.7. The molecule has 0 heterocycles. The van der Waals surface area contributed by atoms with Gasteiger partial charge in [-0.15, -0.1) is 0 Å². The van der Waals surface area contributed by atoms with Gasteiger partial charge in [-0.2, -0.15) is 5.10 Å². The van der Waals surface area contributed by atoms with Gasteiger partial charge in [-0.3, -0.25) is 5.43 Å². The number of hydrogen-bond donors (Lipinski definition) is 2. The second-order valence-electron chi connectivity index (χ2n) is 4.09. The van der Waals surface area contributed by atoms with Crippen molar-refractivity contribution in [2.24, 2.45) is 5.10 Å². The Labute approximate surface area is 119 Å². The molecule has 20 heavy (non-hydrogen) atoms. The molecule has 2 N–H and O–H groups in total. The Morgan fingerprint density at radius 3 is 2.65 bits per heavy atom. The van der Waals surface area contributed by atoms with Crippen LogP contribution in [0.5, 0.6) is 5.75 Å². The van der Waals surface area contributed by atoms with Crippen LogP contribution in [0.1, 0.15) is 12.5 Å². The fourth-order valence-electron chi connectivity index (χ4n) is 1.58. The standard InChI is InChI=1S/C14H11ClF2N2O/c1-8(11-6-9(15)2-5-14(11)20)18-19-13-4-3-10(16)7-12(13)17/h2-7,19-20H,1H3/b18-8+. The van der Waals surface area contributed by atoms with Crippen LogP contribution in [0.2, 0.25) is 5.02 Å². The lowest BCUT2D eigenvalue weighted by Gasteiger charge is -2.07.